The summed E-state index contributed by atoms with van der Waals surface area (Å²) in [6.45, 7) is 0. The minimum absolute atomic E-state index is 0.463. The van der Waals surface area contributed by atoms with Gasteiger partial charge in [-0.25, -0.2) is 0 Å². The lowest BCUT2D eigenvalue weighted by Gasteiger charge is -2.13. The van der Waals surface area contributed by atoms with Crippen LogP contribution in [0, 0.1) is 0 Å². The summed E-state index contributed by atoms with van der Waals surface area (Å²) in [5.74, 6) is 1.21. The van der Waals surface area contributed by atoms with Crippen molar-refractivity contribution in [3.05, 3.63) is 12.4 Å². The van der Waals surface area contributed by atoms with Crippen molar-refractivity contribution in [2.75, 3.05) is 26.1 Å². The Morgan fingerprint density at radius 1 is 1.07 bits per heavy atom. The van der Waals surface area contributed by atoms with Crippen LogP contribution < -0.4 is 9.64 Å². The average Bonchev–Trinajstić information content (AvgIpc) is 2.27. The third kappa shape index (κ3) is 1.54. The molecule has 0 saturated carbocycles. The van der Waals surface area contributed by atoms with E-state index in [-0.39, 0.29) is 0 Å². The molecular weight excluding hydrogens is 194 g/mol. The number of ether oxygens (including phenoxy) is 1. The quantitative estimate of drug-likeness (QED) is 0.711. The molecule has 6 nitrogen and oxygen atoms in total. The molecule has 0 aliphatic rings. The van der Waals surface area contributed by atoms with E-state index in [9.17, 15) is 0 Å². The number of hydrogen-bond donors (Lipinski definition) is 0. The fourth-order valence-corrected chi connectivity index (χ4v) is 1.35. The topological polar surface area (TPSA) is 64.0 Å². The Kier molecular flexibility index (Phi) is 2.32. The molecule has 2 aromatic heterocycles. The highest BCUT2D eigenvalue weighted by Gasteiger charge is 2.10. The summed E-state index contributed by atoms with van der Waals surface area (Å²) < 4.78 is 5.10. The van der Waals surface area contributed by atoms with E-state index in [1.165, 1.54) is 0 Å². The summed E-state index contributed by atoms with van der Waals surface area (Å²) in [5, 5.41) is 17.4. The van der Waals surface area contributed by atoms with E-state index in [1.807, 2.05) is 19.0 Å². The largest absolute Gasteiger partial charge is 0.479 e. The molecule has 2 rings (SSSR count). The van der Waals surface area contributed by atoms with Gasteiger partial charge in [0.25, 0.3) is 0 Å². The Hall–Kier alpha value is -1.98. The minimum atomic E-state index is 0.463. The second kappa shape index (κ2) is 3.64. The van der Waals surface area contributed by atoms with Gasteiger partial charge in [0.1, 0.15) is 0 Å². The molecule has 15 heavy (non-hydrogen) atoms. The molecule has 6 heteroatoms. The zero-order valence-electron chi connectivity index (χ0n) is 8.80. The molecule has 0 radical (unpaired) electrons. The number of nitrogens with zero attached hydrogens (tertiary/aromatic N) is 5. The minimum Gasteiger partial charge on any atom is -0.479 e. The first-order chi connectivity index (χ1) is 7.24. The Morgan fingerprint density at radius 3 is 2.33 bits per heavy atom. The highest BCUT2D eigenvalue weighted by molar-refractivity contribution is 5.93. The Labute approximate surface area is 86.9 Å². The van der Waals surface area contributed by atoms with Gasteiger partial charge in [0.15, 0.2) is 5.82 Å². The predicted octanol–water partition coefficient (Wildman–Crippen LogP) is 0.494. The van der Waals surface area contributed by atoms with Gasteiger partial charge >= 0.3 is 0 Å². The third-order valence-corrected chi connectivity index (χ3v) is 2.05. The molecule has 0 atom stereocenters. The molecule has 0 saturated heterocycles. The van der Waals surface area contributed by atoms with E-state index >= 15 is 0 Å². The van der Waals surface area contributed by atoms with Crippen molar-refractivity contribution in [2.45, 2.75) is 0 Å². The van der Waals surface area contributed by atoms with Crippen molar-refractivity contribution in [1.29, 1.82) is 0 Å². The molecule has 0 amide bonds. The molecule has 2 aromatic rings. The van der Waals surface area contributed by atoms with Crippen LogP contribution >= 0.6 is 0 Å². The van der Waals surface area contributed by atoms with E-state index in [1.54, 1.807) is 19.5 Å². The van der Waals surface area contributed by atoms with Crippen molar-refractivity contribution in [1.82, 2.24) is 20.4 Å². The molecule has 0 aliphatic heterocycles. The maximum atomic E-state index is 5.10. The first kappa shape index (κ1) is 9.57. The fourth-order valence-electron chi connectivity index (χ4n) is 1.35. The van der Waals surface area contributed by atoms with Gasteiger partial charge in [0, 0.05) is 14.1 Å². The van der Waals surface area contributed by atoms with E-state index < -0.39 is 0 Å². The highest BCUT2D eigenvalue weighted by Crippen LogP contribution is 2.26. The van der Waals surface area contributed by atoms with E-state index in [0.717, 1.165) is 16.6 Å². The van der Waals surface area contributed by atoms with E-state index in [2.05, 4.69) is 20.4 Å². The van der Waals surface area contributed by atoms with Crippen molar-refractivity contribution in [2.24, 2.45) is 0 Å². The van der Waals surface area contributed by atoms with Crippen LogP contribution in [0.1, 0.15) is 0 Å². The van der Waals surface area contributed by atoms with Crippen LogP contribution in [0.25, 0.3) is 10.8 Å². The zero-order chi connectivity index (χ0) is 10.8. The Balaban J connectivity index is 2.77. The second-order valence-corrected chi connectivity index (χ2v) is 3.24. The first-order valence-corrected chi connectivity index (χ1v) is 4.42. The first-order valence-electron chi connectivity index (χ1n) is 4.42. The van der Waals surface area contributed by atoms with E-state index in [4.69, 9.17) is 4.74 Å². The molecule has 2 heterocycles. The normalized spacial score (nSPS) is 10.3. The van der Waals surface area contributed by atoms with Crippen LogP contribution in [0.3, 0.4) is 0 Å². The van der Waals surface area contributed by atoms with Crippen molar-refractivity contribution in [3.8, 4) is 5.88 Å². The van der Waals surface area contributed by atoms with Crippen LogP contribution in [0.5, 0.6) is 5.88 Å². The van der Waals surface area contributed by atoms with E-state index in [0.29, 0.717) is 5.88 Å². The van der Waals surface area contributed by atoms with Gasteiger partial charge in [0.2, 0.25) is 5.88 Å². The maximum Gasteiger partial charge on any atom is 0.242 e. The number of methoxy groups -OCH3 is 1. The Bertz CT molecular complexity index is 485. The highest BCUT2D eigenvalue weighted by atomic mass is 16.5. The number of fused-ring (bicyclic) bond motifs is 1. The molecule has 78 valence electrons. The molecular formula is C9H11N5O. The Morgan fingerprint density at radius 2 is 1.73 bits per heavy atom. The van der Waals surface area contributed by atoms with Gasteiger partial charge in [-0.15, -0.1) is 10.2 Å². The van der Waals surface area contributed by atoms with Gasteiger partial charge in [-0.1, -0.05) is 0 Å². The smallest absolute Gasteiger partial charge is 0.242 e. The molecule has 0 fully saturated rings. The molecule has 0 aliphatic carbocycles. The summed E-state index contributed by atoms with van der Waals surface area (Å²) >= 11 is 0. The monoisotopic (exact) mass is 205 g/mol. The average molecular weight is 205 g/mol. The standard InChI is InChI=1S/C9H11N5O/c1-14(2)8-6-4-10-11-5-7(6)9(15-3)13-12-8/h4-5H,1-3H3. The van der Waals surface area contributed by atoms with Gasteiger partial charge in [0.05, 0.1) is 30.3 Å². The van der Waals surface area contributed by atoms with Gasteiger partial charge in [-0.2, -0.15) is 10.2 Å². The van der Waals surface area contributed by atoms with Gasteiger partial charge in [-0.3, -0.25) is 0 Å². The van der Waals surface area contributed by atoms with Crippen LogP contribution in [-0.4, -0.2) is 41.6 Å². The van der Waals surface area contributed by atoms with Crippen molar-refractivity contribution >= 4 is 16.6 Å². The van der Waals surface area contributed by atoms with Crippen LogP contribution in [0.15, 0.2) is 12.4 Å². The zero-order valence-corrected chi connectivity index (χ0v) is 8.80. The number of hydrogen-bond acceptors (Lipinski definition) is 6. The lowest BCUT2D eigenvalue weighted by molar-refractivity contribution is 0.397. The maximum absolute atomic E-state index is 5.10. The van der Waals surface area contributed by atoms with Crippen LogP contribution in [0.4, 0.5) is 5.82 Å². The summed E-state index contributed by atoms with van der Waals surface area (Å²) in [7, 11) is 5.35. The summed E-state index contributed by atoms with van der Waals surface area (Å²) in [6, 6.07) is 0. The van der Waals surface area contributed by atoms with Crippen LogP contribution in [0.2, 0.25) is 0 Å². The summed E-state index contributed by atoms with van der Waals surface area (Å²) in [5.41, 5.74) is 0. The summed E-state index contributed by atoms with van der Waals surface area (Å²) in [4.78, 5) is 1.87. The fraction of sp³-hybridized carbons (Fsp3) is 0.333. The number of rotatable bonds is 2. The van der Waals surface area contributed by atoms with Gasteiger partial charge in [-0.05, 0) is 0 Å². The SMILES string of the molecule is COc1nnc(N(C)C)c2cnncc12. The molecule has 0 spiro atoms. The molecule has 0 N–H and O–H groups in total. The van der Waals surface area contributed by atoms with Gasteiger partial charge < -0.3 is 9.64 Å². The lowest BCUT2D eigenvalue weighted by Crippen LogP contribution is -2.12. The number of anilines is 1. The second-order valence-electron chi connectivity index (χ2n) is 3.24. The number of aromatic nitrogens is 4. The molecule has 0 unspecified atom stereocenters. The van der Waals surface area contributed by atoms with Crippen LogP contribution in [-0.2, 0) is 0 Å². The third-order valence-electron chi connectivity index (χ3n) is 2.05. The lowest BCUT2D eigenvalue weighted by atomic mass is 10.2. The molecule has 0 aromatic carbocycles. The molecule has 0 bridgehead atoms. The van der Waals surface area contributed by atoms with Crippen molar-refractivity contribution in [3.63, 3.8) is 0 Å². The predicted molar refractivity (Wildman–Crippen MR) is 56.0 cm³/mol. The van der Waals surface area contributed by atoms with Crippen molar-refractivity contribution < 1.29 is 4.74 Å². The summed E-state index contributed by atoms with van der Waals surface area (Å²) in [6.07, 6.45) is 3.28.